The van der Waals surface area contributed by atoms with Crippen LogP contribution in [0.5, 0.6) is 0 Å². The topological polar surface area (TPSA) is 17.3 Å². The minimum Gasteiger partial charge on any atom is -0.331 e. The second kappa shape index (κ2) is 4.70. The number of hydrogen-bond donors (Lipinski definition) is 0. The van der Waals surface area contributed by atoms with Crippen LogP contribution in [0.4, 0.5) is 8.63 Å². The summed E-state index contributed by atoms with van der Waals surface area (Å²) in [5.74, 6) is 0. The first-order valence-electron chi connectivity index (χ1n) is 4.68. The second-order valence-corrected chi connectivity index (χ2v) is 3.95. The highest BCUT2D eigenvalue weighted by atomic mass is 32.2. The van der Waals surface area contributed by atoms with Crippen LogP contribution in [0.1, 0.15) is 5.69 Å². The third-order valence-corrected chi connectivity index (χ3v) is 3.04. The molecule has 0 spiro atoms. The molecule has 0 aliphatic carbocycles. The maximum absolute atomic E-state index is 12.7. The lowest BCUT2D eigenvalue weighted by molar-refractivity contribution is 0.628. The molecule has 0 unspecified atom stereocenters. The molecule has 0 atom stereocenters. The Kier molecular flexibility index (Phi) is 3.29. The van der Waals surface area contributed by atoms with Gasteiger partial charge in [-0.1, -0.05) is 0 Å². The Hall–Kier alpha value is -1.30. The van der Waals surface area contributed by atoms with E-state index in [-0.39, 0.29) is 0 Å². The molecule has 2 nitrogen and oxygen atoms in total. The summed E-state index contributed by atoms with van der Waals surface area (Å²) in [5.41, 5.74) is 1.23. The summed E-state index contributed by atoms with van der Waals surface area (Å²) in [7, 11) is -2.53. The fraction of sp³-hybridized carbons (Fsp3) is 0.100. The van der Waals surface area contributed by atoms with Gasteiger partial charge in [0.25, 0.3) is 0 Å². The smallest absolute Gasteiger partial charge is 0.331 e. The van der Waals surface area contributed by atoms with Gasteiger partial charge in [0.15, 0.2) is 0 Å². The van der Waals surface area contributed by atoms with Crippen LogP contribution in [-0.2, 0) is 0 Å². The van der Waals surface area contributed by atoms with Crippen LogP contribution in [0.3, 0.4) is 0 Å². The van der Waals surface area contributed by atoms with Gasteiger partial charge in [-0.2, -0.15) is 0 Å². The molecule has 6 heteroatoms. The zero-order chi connectivity index (χ0) is 11.5. The molecule has 1 aromatic heterocycles. The zero-order valence-electron chi connectivity index (χ0n) is 8.60. The van der Waals surface area contributed by atoms with Crippen LogP contribution in [0.15, 0.2) is 41.2 Å². The predicted octanol–water partition coefficient (Wildman–Crippen LogP) is 2.93. The molecule has 82 valence electrons. The minimum absolute atomic E-state index is 0.501. The summed E-state index contributed by atoms with van der Waals surface area (Å²) in [5, 5.41) is 0. The Labute approximate surface area is 96.9 Å². The quantitative estimate of drug-likeness (QED) is 0.740. The van der Waals surface area contributed by atoms with Gasteiger partial charge in [-0.3, -0.25) is 13.6 Å². The summed E-state index contributed by atoms with van der Waals surface area (Å²) >= 11 is 1.42. The number of thioether (sulfide) groups is 1. The monoisotopic (exact) mass is 238 g/mol. The van der Waals surface area contributed by atoms with Crippen molar-refractivity contribution in [2.24, 2.45) is 4.99 Å². The van der Waals surface area contributed by atoms with Crippen LogP contribution in [0, 0.1) is 0 Å². The number of nitrogens with zero attached hydrogens (tertiary/aromatic N) is 2. The molecule has 0 aromatic carbocycles. The van der Waals surface area contributed by atoms with Crippen molar-refractivity contribution >= 4 is 30.3 Å². The van der Waals surface area contributed by atoms with Crippen molar-refractivity contribution in [2.75, 3.05) is 6.26 Å². The van der Waals surface area contributed by atoms with Crippen molar-refractivity contribution in [2.45, 2.75) is 0 Å². The molecular formula is C10H9BF2N2S. The van der Waals surface area contributed by atoms with Crippen molar-refractivity contribution in [1.29, 1.82) is 0 Å². The Morgan fingerprint density at radius 2 is 2.31 bits per heavy atom. The van der Waals surface area contributed by atoms with Gasteiger partial charge in [-0.25, -0.2) is 0 Å². The normalized spacial score (nSPS) is 16.9. The number of aromatic nitrogens is 1. The first-order chi connectivity index (χ1) is 7.74. The van der Waals surface area contributed by atoms with Crippen LogP contribution in [-0.4, -0.2) is 24.4 Å². The molecule has 0 N–H and O–H groups in total. The first-order valence-corrected chi connectivity index (χ1v) is 5.91. The molecule has 1 aliphatic rings. The minimum atomic E-state index is -2.53. The molecule has 0 saturated heterocycles. The molecule has 1 aromatic rings. The number of rotatable bonds is 3. The van der Waals surface area contributed by atoms with E-state index in [0.717, 1.165) is 15.1 Å². The standard InChI is InChI=1S/C10H9BF2N2S/c1-16-10(8-4-2-6-14-8)9-5-3-7-15(9)11(12)13/h2-7H,1H3. The van der Waals surface area contributed by atoms with Gasteiger partial charge in [-0.15, -0.1) is 11.8 Å². The number of hydrogen-bond acceptors (Lipinski definition) is 2. The molecule has 2 heterocycles. The first kappa shape index (κ1) is 11.2. The highest BCUT2D eigenvalue weighted by Gasteiger charge is 2.22. The molecule has 16 heavy (non-hydrogen) atoms. The van der Waals surface area contributed by atoms with Crippen molar-refractivity contribution in [3.8, 4) is 0 Å². The van der Waals surface area contributed by atoms with Crippen molar-refractivity contribution in [1.82, 2.24) is 4.48 Å². The van der Waals surface area contributed by atoms with E-state index >= 15 is 0 Å². The van der Waals surface area contributed by atoms with Crippen LogP contribution >= 0.6 is 11.8 Å². The Morgan fingerprint density at radius 3 is 2.88 bits per heavy atom. The van der Waals surface area contributed by atoms with Gasteiger partial charge in [0.2, 0.25) is 0 Å². The van der Waals surface area contributed by atoms with Gasteiger partial charge < -0.3 is 4.48 Å². The molecular weight excluding hydrogens is 229 g/mol. The lowest BCUT2D eigenvalue weighted by Crippen LogP contribution is -2.14. The van der Waals surface area contributed by atoms with Crippen LogP contribution in [0.2, 0.25) is 0 Å². The molecule has 0 bridgehead atoms. The molecule has 0 amide bonds. The Balaban J connectivity index is 2.49. The molecule has 0 fully saturated rings. The average molecular weight is 238 g/mol. The van der Waals surface area contributed by atoms with E-state index < -0.39 is 7.40 Å². The van der Waals surface area contributed by atoms with E-state index in [2.05, 4.69) is 4.99 Å². The summed E-state index contributed by atoms with van der Waals surface area (Å²) in [6.07, 6.45) is 8.49. The lowest BCUT2D eigenvalue weighted by atomic mass is 10.2. The molecule has 2 rings (SSSR count). The largest absolute Gasteiger partial charge is 0.677 e. The lowest BCUT2D eigenvalue weighted by Gasteiger charge is -2.09. The van der Waals surface area contributed by atoms with Crippen molar-refractivity contribution in [3.05, 3.63) is 41.9 Å². The number of halogens is 2. The van der Waals surface area contributed by atoms with E-state index in [9.17, 15) is 8.63 Å². The molecule has 0 saturated carbocycles. The van der Waals surface area contributed by atoms with E-state index in [1.54, 1.807) is 24.4 Å². The third-order valence-electron chi connectivity index (χ3n) is 2.21. The predicted molar refractivity (Wildman–Crippen MR) is 65.9 cm³/mol. The second-order valence-electron chi connectivity index (χ2n) is 3.13. The highest BCUT2D eigenvalue weighted by Crippen LogP contribution is 2.31. The number of allylic oxidation sites excluding steroid dienone is 2. The van der Waals surface area contributed by atoms with Crippen molar-refractivity contribution < 1.29 is 8.63 Å². The maximum Gasteiger partial charge on any atom is 0.677 e. The zero-order valence-corrected chi connectivity index (χ0v) is 9.42. The van der Waals surface area contributed by atoms with Gasteiger partial charge in [0.05, 0.1) is 10.6 Å². The summed E-state index contributed by atoms with van der Waals surface area (Å²) in [6, 6.07) is 3.29. The highest BCUT2D eigenvalue weighted by molar-refractivity contribution is 8.07. The Bertz CT molecular complexity index is 463. The van der Waals surface area contributed by atoms with Gasteiger partial charge in [0.1, 0.15) is 0 Å². The van der Waals surface area contributed by atoms with Gasteiger partial charge >= 0.3 is 7.40 Å². The van der Waals surface area contributed by atoms with Crippen molar-refractivity contribution in [3.63, 3.8) is 0 Å². The van der Waals surface area contributed by atoms with Crippen LogP contribution < -0.4 is 0 Å². The maximum atomic E-state index is 12.7. The molecule has 0 radical (unpaired) electrons. The number of aliphatic imine (C=N–C) groups is 1. The SMILES string of the molecule is CSC(=C1C=CC=N1)c1cccn1B(F)F. The fourth-order valence-electron chi connectivity index (χ4n) is 1.53. The summed E-state index contributed by atoms with van der Waals surface area (Å²) < 4.78 is 26.4. The van der Waals surface area contributed by atoms with Crippen LogP contribution in [0.25, 0.3) is 4.91 Å². The summed E-state index contributed by atoms with van der Waals surface area (Å²) in [6.45, 7) is 0. The summed E-state index contributed by atoms with van der Waals surface area (Å²) in [4.78, 5) is 4.89. The van der Waals surface area contributed by atoms with E-state index in [1.807, 2.05) is 12.3 Å². The van der Waals surface area contributed by atoms with Gasteiger partial charge in [0, 0.05) is 11.9 Å². The van der Waals surface area contributed by atoms with E-state index in [4.69, 9.17) is 0 Å². The fourth-order valence-corrected chi connectivity index (χ4v) is 2.24. The van der Waals surface area contributed by atoms with Gasteiger partial charge in [-0.05, 0) is 36.7 Å². The third kappa shape index (κ3) is 1.97. The molecule has 1 aliphatic heterocycles. The van der Waals surface area contributed by atoms with E-state index in [0.29, 0.717) is 5.69 Å². The van der Waals surface area contributed by atoms with E-state index in [1.165, 1.54) is 18.0 Å². The Morgan fingerprint density at radius 1 is 1.50 bits per heavy atom. The average Bonchev–Trinajstić information content (AvgIpc) is 2.88.